The number of amidine groups is 1. The monoisotopic (exact) mass is 252 g/mol. The lowest BCUT2D eigenvalue weighted by Crippen LogP contribution is -2.08. The average molecular weight is 252 g/mol. The number of nitrogens with zero attached hydrogens (tertiary/aromatic N) is 1. The molecule has 1 aliphatic rings. The van der Waals surface area contributed by atoms with Crippen LogP contribution in [0, 0.1) is 11.7 Å². The summed E-state index contributed by atoms with van der Waals surface area (Å²) in [6, 6.07) is 6.79. The lowest BCUT2D eigenvalue weighted by molar-refractivity contribution is 0.529. The van der Waals surface area contributed by atoms with Crippen molar-refractivity contribution in [1.82, 2.24) is 0 Å². The van der Waals surface area contributed by atoms with Gasteiger partial charge in [-0.2, -0.15) is 0 Å². The van der Waals surface area contributed by atoms with Crippen LogP contribution in [0.5, 0.6) is 0 Å². The molecule has 1 aromatic rings. The van der Waals surface area contributed by atoms with Crippen molar-refractivity contribution in [3.8, 4) is 0 Å². The van der Waals surface area contributed by atoms with Crippen molar-refractivity contribution in [1.29, 1.82) is 0 Å². The van der Waals surface area contributed by atoms with Gasteiger partial charge in [-0.05, 0) is 36.6 Å². The number of hydrogen-bond acceptors (Lipinski definition) is 3. The number of hydrogen-bond donors (Lipinski definition) is 1. The SMILES string of the molecule is CC(C)CC1CSC(Nc2ccc(F)cc2)=N1. The van der Waals surface area contributed by atoms with Crippen molar-refractivity contribution >= 4 is 22.6 Å². The molecule has 0 saturated carbocycles. The molecule has 2 nitrogen and oxygen atoms in total. The van der Waals surface area contributed by atoms with Crippen molar-refractivity contribution in [2.75, 3.05) is 11.1 Å². The van der Waals surface area contributed by atoms with Crippen molar-refractivity contribution in [2.24, 2.45) is 10.9 Å². The number of nitrogens with one attached hydrogen (secondary N) is 1. The summed E-state index contributed by atoms with van der Waals surface area (Å²) >= 11 is 1.74. The van der Waals surface area contributed by atoms with Crippen molar-refractivity contribution in [3.63, 3.8) is 0 Å². The Bertz CT molecular complexity index is 400. The Hall–Kier alpha value is -1.03. The molecule has 0 bridgehead atoms. The molecule has 1 aliphatic heterocycles. The average Bonchev–Trinajstić information content (AvgIpc) is 2.68. The Morgan fingerprint density at radius 1 is 1.41 bits per heavy atom. The summed E-state index contributed by atoms with van der Waals surface area (Å²) in [5, 5.41) is 4.16. The van der Waals surface area contributed by atoms with Crippen molar-refractivity contribution in [2.45, 2.75) is 26.3 Å². The second-order valence-corrected chi connectivity index (χ2v) is 5.67. The molecule has 0 aromatic heterocycles. The molecule has 4 heteroatoms. The van der Waals surface area contributed by atoms with Gasteiger partial charge >= 0.3 is 0 Å². The van der Waals surface area contributed by atoms with E-state index in [1.165, 1.54) is 12.1 Å². The highest BCUT2D eigenvalue weighted by Gasteiger charge is 2.19. The first-order valence-electron chi connectivity index (χ1n) is 5.86. The van der Waals surface area contributed by atoms with E-state index in [1.54, 1.807) is 23.9 Å². The van der Waals surface area contributed by atoms with E-state index in [0.717, 1.165) is 23.0 Å². The van der Waals surface area contributed by atoms with E-state index in [1.807, 2.05) is 0 Å². The molecule has 0 spiro atoms. The van der Waals surface area contributed by atoms with Gasteiger partial charge in [-0.25, -0.2) is 4.39 Å². The number of thioether (sulfide) groups is 1. The minimum Gasteiger partial charge on any atom is -0.335 e. The minimum absolute atomic E-state index is 0.214. The lowest BCUT2D eigenvalue weighted by Gasteiger charge is -2.07. The van der Waals surface area contributed by atoms with Gasteiger partial charge in [0.1, 0.15) is 5.82 Å². The number of halogens is 1. The van der Waals surface area contributed by atoms with Gasteiger partial charge in [-0.3, -0.25) is 4.99 Å². The molecule has 0 saturated heterocycles. The molecular weight excluding hydrogens is 235 g/mol. The van der Waals surface area contributed by atoms with Crippen LogP contribution in [-0.4, -0.2) is 17.0 Å². The molecule has 1 aromatic carbocycles. The maximum atomic E-state index is 12.7. The van der Waals surface area contributed by atoms with Gasteiger partial charge in [0.05, 0.1) is 6.04 Å². The number of aliphatic imine (C=N–C) groups is 1. The van der Waals surface area contributed by atoms with E-state index in [4.69, 9.17) is 0 Å². The second kappa shape index (κ2) is 5.54. The van der Waals surface area contributed by atoms with Crippen LogP contribution in [0.15, 0.2) is 29.3 Å². The van der Waals surface area contributed by atoms with Gasteiger partial charge in [0.25, 0.3) is 0 Å². The van der Waals surface area contributed by atoms with Gasteiger partial charge in [0.15, 0.2) is 5.17 Å². The van der Waals surface area contributed by atoms with Gasteiger partial charge in [0, 0.05) is 11.4 Å². The fourth-order valence-electron chi connectivity index (χ4n) is 1.81. The van der Waals surface area contributed by atoms with Gasteiger partial charge in [-0.15, -0.1) is 0 Å². The molecule has 1 unspecified atom stereocenters. The zero-order valence-electron chi connectivity index (χ0n) is 10.1. The minimum atomic E-state index is -0.214. The number of benzene rings is 1. The molecule has 2 rings (SSSR count). The fourth-order valence-corrected chi connectivity index (χ4v) is 2.78. The van der Waals surface area contributed by atoms with Crippen molar-refractivity contribution in [3.05, 3.63) is 30.1 Å². The Kier molecular flexibility index (Phi) is 4.05. The highest BCUT2D eigenvalue weighted by Crippen LogP contribution is 2.24. The Morgan fingerprint density at radius 2 is 2.12 bits per heavy atom. The first kappa shape index (κ1) is 12.4. The van der Waals surface area contributed by atoms with Crippen LogP contribution in [0.2, 0.25) is 0 Å². The molecular formula is C13H17FN2S. The van der Waals surface area contributed by atoms with Crippen LogP contribution in [0.1, 0.15) is 20.3 Å². The molecule has 0 radical (unpaired) electrons. The molecule has 0 aliphatic carbocycles. The lowest BCUT2D eigenvalue weighted by atomic mass is 10.1. The quantitative estimate of drug-likeness (QED) is 0.886. The summed E-state index contributed by atoms with van der Waals surface area (Å²) in [4.78, 5) is 4.62. The first-order valence-corrected chi connectivity index (χ1v) is 6.85. The Labute approximate surface area is 106 Å². The zero-order chi connectivity index (χ0) is 12.3. The van der Waals surface area contributed by atoms with Crippen LogP contribution in [0.4, 0.5) is 10.1 Å². The van der Waals surface area contributed by atoms with E-state index in [0.29, 0.717) is 12.0 Å². The Balaban J connectivity index is 1.94. The number of anilines is 1. The molecule has 1 N–H and O–H groups in total. The molecule has 0 amide bonds. The molecule has 17 heavy (non-hydrogen) atoms. The second-order valence-electron chi connectivity index (χ2n) is 4.66. The van der Waals surface area contributed by atoms with E-state index in [-0.39, 0.29) is 5.82 Å². The summed E-state index contributed by atoms with van der Waals surface area (Å²) < 4.78 is 12.7. The smallest absolute Gasteiger partial charge is 0.161 e. The highest BCUT2D eigenvalue weighted by molar-refractivity contribution is 8.14. The summed E-state index contributed by atoms with van der Waals surface area (Å²) in [6.45, 7) is 4.43. The fraction of sp³-hybridized carbons (Fsp3) is 0.462. The predicted molar refractivity (Wildman–Crippen MR) is 73.2 cm³/mol. The molecule has 0 fully saturated rings. The van der Waals surface area contributed by atoms with Crippen LogP contribution < -0.4 is 5.32 Å². The van der Waals surface area contributed by atoms with Crippen LogP contribution >= 0.6 is 11.8 Å². The van der Waals surface area contributed by atoms with Crippen LogP contribution in [0.3, 0.4) is 0 Å². The van der Waals surface area contributed by atoms with E-state index in [9.17, 15) is 4.39 Å². The standard InChI is InChI=1S/C13H17FN2S/c1-9(2)7-12-8-17-13(16-12)15-11-5-3-10(14)4-6-11/h3-6,9,12H,7-8H2,1-2H3,(H,15,16). The zero-order valence-corrected chi connectivity index (χ0v) is 10.9. The maximum absolute atomic E-state index is 12.7. The maximum Gasteiger partial charge on any atom is 0.161 e. The topological polar surface area (TPSA) is 24.4 Å². The molecule has 92 valence electrons. The molecule has 1 heterocycles. The normalized spacial score (nSPS) is 19.5. The highest BCUT2D eigenvalue weighted by atomic mass is 32.2. The van der Waals surface area contributed by atoms with Gasteiger partial charge in [0.2, 0.25) is 0 Å². The van der Waals surface area contributed by atoms with Gasteiger partial charge < -0.3 is 5.32 Å². The molecule has 1 atom stereocenters. The third-order valence-electron chi connectivity index (χ3n) is 2.55. The largest absolute Gasteiger partial charge is 0.335 e. The van der Waals surface area contributed by atoms with Crippen LogP contribution in [0.25, 0.3) is 0 Å². The first-order chi connectivity index (χ1) is 8.13. The summed E-state index contributed by atoms with van der Waals surface area (Å²) in [7, 11) is 0. The van der Waals surface area contributed by atoms with E-state index >= 15 is 0 Å². The van der Waals surface area contributed by atoms with E-state index < -0.39 is 0 Å². The Morgan fingerprint density at radius 3 is 2.76 bits per heavy atom. The van der Waals surface area contributed by atoms with E-state index in [2.05, 4.69) is 24.2 Å². The summed E-state index contributed by atoms with van der Waals surface area (Å²) in [6.07, 6.45) is 1.13. The van der Waals surface area contributed by atoms with Crippen molar-refractivity contribution < 1.29 is 4.39 Å². The van der Waals surface area contributed by atoms with Gasteiger partial charge in [-0.1, -0.05) is 25.6 Å². The summed E-state index contributed by atoms with van der Waals surface area (Å²) in [5.74, 6) is 1.51. The summed E-state index contributed by atoms with van der Waals surface area (Å²) in [5.41, 5.74) is 0.892. The third kappa shape index (κ3) is 3.73. The third-order valence-corrected chi connectivity index (χ3v) is 3.58. The number of rotatable bonds is 3. The predicted octanol–water partition coefficient (Wildman–Crippen LogP) is 3.76. The van der Waals surface area contributed by atoms with Crippen LogP contribution in [-0.2, 0) is 0 Å².